The van der Waals surface area contributed by atoms with Gasteiger partial charge in [0, 0.05) is 11.8 Å². The molecule has 2 atom stereocenters. The molecule has 7 rings (SSSR count). The number of nitrogens with zero attached hydrogens (tertiary/aromatic N) is 1. The maximum atomic E-state index is 13.7. The van der Waals surface area contributed by atoms with E-state index < -0.39 is 0 Å². The predicted octanol–water partition coefficient (Wildman–Crippen LogP) is 4.09. The summed E-state index contributed by atoms with van der Waals surface area (Å²) in [5.41, 5.74) is 5.26. The molecule has 0 saturated carbocycles. The highest BCUT2D eigenvalue weighted by molar-refractivity contribution is 6.24. The first-order valence-corrected chi connectivity index (χ1v) is 9.91. The van der Waals surface area contributed by atoms with Crippen LogP contribution < -0.4 is 9.64 Å². The molecule has 1 saturated heterocycles. The summed E-state index contributed by atoms with van der Waals surface area (Å²) in [4.78, 5) is 28.7. The molecule has 142 valence electrons. The SMILES string of the molecule is COc1ccccc1N1C(=O)[C@@H]2C3c4ccccc4C(c4ccccc43)[C@@H]2C1=O. The second kappa shape index (κ2) is 5.80. The summed E-state index contributed by atoms with van der Waals surface area (Å²) in [6.45, 7) is 0. The van der Waals surface area contributed by atoms with Gasteiger partial charge in [-0.25, -0.2) is 4.90 Å². The number of hydrogen-bond donors (Lipinski definition) is 0. The van der Waals surface area contributed by atoms with Crippen molar-refractivity contribution in [1.29, 1.82) is 0 Å². The van der Waals surface area contributed by atoms with Crippen LogP contribution in [0.25, 0.3) is 0 Å². The van der Waals surface area contributed by atoms with Crippen LogP contribution in [0.2, 0.25) is 0 Å². The first-order valence-electron chi connectivity index (χ1n) is 9.91. The van der Waals surface area contributed by atoms with Gasteiger partial charge in [0.25, 0.3) is 0 Å². The maximum Gasteiger partial charge on any atom is 0.238 e. The molecule has 1 fully saturated rings. The molecule has 0 N–H and O–H groups in total. The molecule has 2 bridgehead atoms. The number of ether oxygens (including phenoxy) is 1. The minimum absolute atomic E-state index is 0.0893. The quantitative estimate of drug-likeness (QED) is 0.628. The zero-order chi connectivity index (χ0) is 19.7. The van der Waals surface area contributed by atoms with Crippen LogP contribution in [0.4, 0.5) is 5.69 Å². The molecule has 0 unspecified atom stereocenters. The van der Waals surface area contributed by atoms with Gasteiger partial charge in [-0.15, -0.1) is 0 Å². The van der Waals surface area contributed by atoms with Crippen LogP contribution in [0, 0.1) is 11.8 Å². The Labute approximate surface area is 168 Å². The number of amides is 2. The fraction of sp³-hybridized carbons (Fsp3) is 0.200. The molecule has 4 nitrogen and oxygen atoms in total. The summed E-state index contributed by atoms with van der Waals surface area (Å²) in [6, 6.07) is 23.8. The average molecular weight is 381 g/mol. The number of rotatable bonds is 2. The Kier molecular flexibility index (Phi) is 3.31. The Hall–Kier alpha value is -3.40. The van der Waals surface area contributed by atoms with E-state index in [-0.39, 0.29) is 35.5 Å². The molecule has 0 radical (unpaired) electrons. The van der Waals surface area contributed by atoms with Crippen LogP contribution in [0.5, 0.6) is 5.75 Å². The molecule has 3 aromatic carbocycles. The monoisotopic (exact) mass is 381 g/mol. The fourth-order valence-electron chi connectivity index (χ4n) is 5.73. The van der Waals surface area contributed by atoms with Gasteiger partial charge in [-0.05, 0) is 34.4 Å². The predicted molar refractivity (Wildman–Crippen MR) is 109 cm³/mol. The number of carbonyl (C=O) groups excluding carboxylic acids is 2. The Morgan fingerprint density at radius 3 is 1.52 bits per heavy atom. The van der Waals surface area contributed by atoms with E-state index in [0.717, 1.165) is 0 Å². The van der Waals surface area contributed by atoms with Crippen LogP contribution in [0.3, 0.4) is 0 Å². The molecule has 1 aliphatic heterocycles. The van der Waals surface area contributed by atoms with E-state index in [4.69, 9.17) is 4.74 Å². The Morgan fingerprint density at radius 1 is 0.655 bits per heavy atom. The first-order chi connectivity index (χ1) is 14.2. The molecule has 4 heteroatoms. The van der Waals surface area contributed by atoms with Crippen LogP contribution >= 0.6 is 0 Å². The van der Waals surface area contributed by atoms with Gasteiger partial charge in [-0.2, -0.15) is 0 Å². The third-order valence-electron chi connectivity index (χ3n) is 6.77. The van der Waals surface area contributed by atoms with Gasteiger partial charge in [0.15, 0.2) is 0 Å². The topological polar surface area (TPSA) is 46.6 Å². The molecular formula is C25H19NO3. The molecular weight excluding hydrogens is 362 g/mol. The average Bonchev–Trinajstić information content (AvgIpc) is 3.04. The van der Waals surface area contributed by atoms with Gasteiger partial charge in [0.2, 0.25) is 11.8 Å². The summed E-state index contributed by atoms with van der Waals surface area (Å²) in [5.74, 6) is -0.631. The third-order valence-corrected chi connectivity index (χ3v) is 6.77. The second-order valence-corrected chi connectivity index (χ2v) is 7.95. The first kappa shape index (κ1) is 16.5. The normalized spacial score (nSPS) is 26.2. The molecule has 1 heterocycles. The highest BCUT2D eigenvalue weighted by Crippen LogP contribution is 2.61. The molecule has 0 aromatic heterocycles. The molecule has 0 spiro atoms. The number of methoxy groups -OCH3 is 1. The van der Waals surface area contributed by atoms with E-state index in [1.165, 1.54) is 27.2 Å². The van der Waals surface area contributed by atoms with Gasteiger partial charge in [0.1, 0.15) is 5.75 Å². The highest BCUT2D eigenvalue weighted by Gasteiger charge is 2.62. The van der Waals surface area contributed by atoms with Gasteiger partial charge in [-0.3, -0.25) is 9.59 Å². The summed E-state index contributed by atoms with van der Waals surface area (Å²) in [6.07, 6.45) is 0. The highest BCUT2D eigenvalue weighted by atomic mass is 16.5. The molecule has 2 amide bonds. The van der Waals surface area contributed by atoms with Crippen molar-refractivity contribution in [1.82, 2.24) is 0 Å². The summed E-state index contributed by atoms with van der Waals surface area (Å²) in [7, 11) is 1.56. The zero-order valence-corrected chi connectivity index (χ0v) is 15.9. The molecule has 4 aliphatic rings. The number of para-hydroxylation sites is 2. The maximum absolute atomic E-state index is 13.7. The standard InChI is InChI=1S/C25H19NO3/c1-29-19-13-7-6-12-18(19)26-24(27)22-20-14-8-2-3-9-15(14)21(23(22)25(26)28)17-11-5-4-10-16(17)20/h2-13,20-23H,1H3/t20?,21?,22-,23+. The lowest BCUT2D eigenvalue weighted by Crippen LogP contribution is -2.41. The van der Waals surface area contributed by atoms with Crippen molar-refractivity contribution in [2.24, 2.45) is 11.8 Å². The fourth-order valence-corrected chi connectivity index (χ4v) is 5.73. The molecule has 29 heavy (non-hydrogen) atoms. The van der Waals surface area contributed by atoms with Crippen molar-refractivity contribution in [3.8, 4) is 5.75 Å². The van der Waals surface area contributed by atoms with E-state index in [2.05, 4.69) is 24.3 Å². The van der Waals surface area contributed by atoms with Crippen LogP contribution in [0.15, 0.2) is 72.8 Å². The minimum Gasteiger partial charge on any atom is -0.495 e. The number of anilines is 1. The number of imide groups is 1. The van der Waals surface area contributed by atoms with Crippen LogP contribution in [-0.2, 0) is 9.59 Å². The van der Waals surface area contributed by atoms with Gasteiger partial charge in [0.05, 0.1) is 24.6 Å². The lowest BCUT2D eigenvalue weighted by Gasteiger charge is -2.45. The zero-order valence-electron chi connectivity index (χ0n) is 15.9. The van der Waals surface area contributed by atoms with Gasteiger partial charge >= 0.3 is 0 Å². The van der Waals surface area contributed by atoms with Crippen LogP contribution in [-0.4, -0.2) is 18.9 Å². The Balaban J connectivity index is 1.58. The van der Waals surface area contributed by atoms with Crippen molar-refractivity contribution in [2.45, 2.75) is 11.8 Å². The van der Waals surface area contributed by atoms with Crippen molar-refractivity contribution < 1.29 is 14.3 Å². The van der Waals surface area contributed by atoms with Crippen molar-refractivity contribution in [3.05, 3.63) is 95.1 Å². The third kappa shape index (κ3) is 1.98. The molecule has 3 aliphatic carbocycles. The smallest absolute Gasteiger partial charge is 0.238 e. The second-order valence-electron chi connectivity index (χ2n) is 7.95. The van der Waals surface area contributed by atoms with Crippen molar-refractivity contribution >= 4 is 17.5 Å². The number of hydrogen-bond acceptors (Lipinski definition) is 3. The summed E-state index contributed by atoms with van der Waals surface area (Å²) in [5, 5.41) is 0. The van der Waals surface area contributed by atoms with Crippen molar-refractivity contribution in [2.75, 3.05) is 12.0 Å². The van der Waals surface area contributed by atoms with Crippen molar-refractivity contribution in [3.63, 3.8) is 0 Å². The van der Waals surface area contributed by atoms with E-state index >= 15 is 0 Å². The van der Waals surface area contributed by atoms with E-state index in [9.17, 15) is 9.59 Å². The largest absolute Gasteiger partial charge is 0.495 e. The van der Waals surface area contributed by atoms with E-state index in [0.29, 0.717) is 11.4 Å². The summed E-state index contributed by atoms with van der Waals surface area (Å²) < 4.78 is 5.45. The lowest BCUT2D eigenvalue weighted by molar-refractivity contribution is -0.122. The van der Waals surface area contributed by atoms with E-state index in [1.54, 1.807) is 19.2 Å². The summed E-state index contributed by atoms with van der Waals surface area (Å²) >= 11 is 0. The van der Waals surface area contributed by atoms with Gasteiger partial charge in [-0.1, -0.05) is 60.7 Å². The van der Waals surface area contributed by atoms with E-state index in [1.807, 2.05) is 36.4 Å². The number of benzene rings is 3. The molecule has 3 aromatic rings. The van der Waals surface area contributed by atoms with Gasteiger partial charge < -0.3 is 4.74 Å². The Morgan fingerprint density at radius 2 is 1.07 bits per heavy atom. The lowest BCUT2D eigenvalue weighted by atomic mass is 9.55. The minimum atomic E-state index is -0.373. The number of carbonyl (C=O) groups is 2. The van der Waals surface area contributed by atoms with Crippen LogP contribution in [0.1, 0.15) is 34.1 Å². The Bertz CT molecular complexity index is 1070.